The van der Waals surface area contributed by atoms with Crippen LogP contribution in [0.1, 0.15) is 39.3 Å². The van der Waals surface area contributed by atoms with E-state index in [1.807, 2.05) is 13.1 Å². The molecule has 1 aliphatic heterocycles. The van der Waals surface area contributed by atoms with Crippen molar-refractivity contribution in [3.05, 3.63) is 11.8 Å². The number of hydrogen-bond acceptors (Lipinski definition) is 4. The topological polar surface area (TPSA) is 65.4 Å². The summed E-state index contributed by atoms with van der Waals surface area (Å²) in [6, 6.07) is 1.92. The van der Waals surface area contributed by atoms with E-state index in [-0.39, 0.29) is 24.0 Å². The molecule has 0 saturated carbocycles. The lowest BCUT2D eigenvalue weighted by molar-refractivity contribution is -0.121. The number of carbonyl (C=O) groups excluding carboxylic acids is 1. The molecule has 124 valence electrons. The van der Waals surface area contributed by atoms with Crippen LogP contribution in [0.4, 0.5) is 5.82 Å². The van der Waals surface area contributed by atoms with Crippen LogP contribution in [0.5, 0.6) is 0 Å². The predicted octanol–water partition coefficient (Wildman–Crippen LogP) is 2.14. The summed E-state index contributed by atoms with van der Waals surface area (Å²) in [7, 11) is 1.83. The second kappa shape index (κ2) is 7.24. The Morgan fingerprint density at radius 1 is 1.55 bits per heavy atom. The van der Waals surface area contributed by atoms with Crippen molar-refractivity contribution in [1.29, 1.82) is 0 Å². The second-order valence-corrected chi connectivity index (χ2v) is 7.08. The van der Waals surface area contributed by atoms with Crippen LogP contribution < -0.4 is 5.32 Å². The third-order valence-corrected chi connectivity index (χ3v) is 3.47. The molecule has 1 atom stereocenters. The Kier molecular flexibility index (Phi) is 5.58. The molecule has 1 fully saturated rings. The SMILES string of the molecule is Cn1nc(CC(C)(C)C)cc1NC(=O)COC[C@H]1CCCO1. The van der Waals surface area contributed by atoms with Crippen molar-refractivity contribution < 1.29 is 14.3 Å². The van der Waals surface area contributed by atoms with Crippen LogP contribution in [0, 0.1) is 5.41 Å². The summed E-state index contributed by atoms with van der Waals surface area (Å²) in [5, 5.41) is 7.27. The summed E-state index contributed by atoms with van der Waals surface area (Å²) < 4.78 is 12.6. The molecule has 1 aliphatic rings. The Morgan fingerprint density at radius 3 is 2.95 bits per heavy atom. The van der Waals surface area contributed by atoms with Gasteiger partial charge in [0.15, 0.2) is 0 Å². The third kappa shape index (κ3) is 5.42. The van der Waals surface area contributed by atoms with Gasteiger partial charge < -0.3 is 14.8 Å². The molecule has 1 saturated heterocycles. The van der Waals surface area contributed by atoms with Crippen LogP contribution in [0.3, 0.4) is 0 Å². The maximum atomic E-state index is 11.9. The Morgan fingerprint density at radius 2 is 2.32 bits per heavy atom. The highest BCUT2D eigenvalue weighted by molar-refractivity contribution is 5.90. The van der Waals surface area contributed by atoms with Crippen molar-refractivity contribution in [3.63, 3.8) is 0 Å². The molecule has 0 bridgehead atoms. The van der Waals surface area contributed by atoms with E-state index in [1.165, 1.54) is 0 Å². The zero-order chi connectivity index (χ0) is 16.2. The van der Waals surface area contributed by atoms with Crippen molar-refractivity contribution in [2.75, 3.05) is 25.1 Å². The highest BCUT2D eigenvalue weighted by Gasteiger charge is 2.17. The van der Waals surface area contributed by atoms with Gasteiger partial charge >= 0.3 is 0 Å². The Bertz CT molecular complexity index is 499. The standard InChI is InChI=1S/C16H27N3O3/c1-16(2,3)9-12-8-14(19(4)18-12)17-15(20)11-21-10-13-6-5-7-22-13/h8,13H,5-7,9-11H2,1-4H3,(H,17,20)/t13-/m1/s1. The molecule has 0 spiro atoms. The smallest absolute Gasteiger partial charge is 0.251 e. The maximum Gasteiger partial charge on any atom is 0.251 e. The molecular formula is C16H27N3O3. The Labute approximate surface area is 132 Å². The van der Waals surface area contributed by atoms with Gasteiger partial charge in [-0.05, 0) is 24.7 Å². The van der Waals surface area contributed by atoms with Gasteiger partial charge in [-0.1, -0.05) is 20.8 Å². The average molecular weight is 309 g/mol. The first-order valence-corrected chi connectivity index (χ1v) is 7.85. The van der Waals surface area contributed by atoms with Crippen LogP contribution in [0.25, 0.3) is 0 Å². The summed E-state index contributed by atoms with van der Waals surface area (Å²) in [6.45, 7) is 7.82. The van der Waals surface area contributed by atoms with E-state index >= 15 is 0 Å². The molecule has 1 amide bonds. The number of hydrogen-bond donors (Lipinski definition) is 1. The Balaban J connectivity index is 1.78. The number of aryl methyl sites for hydroxylation is 1. The van der Waals surface area contributed by atoms with Gasteiger partial charge in [0.25, 0.3) is 5.91 Å². The number of carbonyl (C=O) groups is 1. The molecule has 0 aliphatic carbocycles. The monoisotopic (exact) mass is 309 g/mol. The van der Waals surface area contributed by atoms with Crippen molar-refractivity contribution in [1.82, 2.24) is 9.78 Å². The fraction of sp³-hybridized carbons (Fsp3) is 0.750. The number of nitrogens with one attached hydrogen (secondary N) is 1. The number of amides is 1. The van der Waals surface area contributed by atoms with E-state index in [0.29, 0.717) is 12.4 Å². The normalized spacial score (nSPS) is 18.6. The van der Waals surface area contributed by atoms with Crippen LogP contribution in [-0.2, 0) is 27.7 Å². The van der Waals surface area contributed by atoms with Gasteiger partial charge in [0.2, 0.25) is 0 Å². The fourth-order valence-corrected chi connectivity index (χ4v) is 2.51. The van der Waals surface area contributed by atoms with Crippen molar-refractivity contribution in [3.8, 4) is 0 Å². The van der Waals surface area contributed by atoms with Crippen molar-refractivity contribution >= 4 is 11.7 Å². The lowest BCUT2D eigenvalue weighted by Crippen LogP contribution is -2.23. The highest BCUT2D eigenvalue weighted by atomic mass is 16.5. The number of nitrogens with zero attached hydrogens (tertiary/aromatic N) is 2. The molecule has 1 aromatic heterocycles. The molecule has 0 unspecified atom stereocenters. The summed E-state index contributed by atoms with van der Waals surface area (Å²) in [6.07, 6.45) is 3.10. The van der Waals surface area contributed by atoms with E-state index in [9.17, 15) is 4.79 Å². The van der Waals surface area contributed by atoms with Gasteiger partial charge in [-0.2, -0.15) is 5.10 Å². The second-order valence-electron chi connectivity index (χ2n) is 7.08. The highest BCUT2D eigenvalue weighted by Crippen LogP contribution is 2.21. The molecule has 6 heteroatoms. The quantitative estimate of drug-likeness (QED) is 0.874. The zero-order valence-corrected chi connectivity index (χ0v) is 14.0. The van der Waals surface area contributed by atoms with Crippen LogP contribution >= 0.6 is 0 Å². The third-order valence-electron chi connectivity index (χ3n) is 3.47. The fourth-order valence-electron chi connectivity index (χ4n) is 2.51. The largest absolute Gasteiger partial charge is 0.376 e. The summed E-state index contributed by atoms with van der Waals surface area (Å²) in [4.78, 5) is 11.9. The van der Waals surface area contributed by atoms with E-state index in [2.05, 4.69) is 31.2 Å². The molecule has 22 heavy (non-hydrogen) atoms. The van der Waals surface area contributed by atoms with Gasteiger partial charge in [-0.15, -0.1) is 0 Å². The molecule has 2 heterocycles. The molecule has 1 N–H and O–H groups in total. The molecule has 0 radical (unpaired) electrons. The molecular weight excluding hydrogens is 282 g/mol. The van der Waals surface area contributed by atoms with E-state index < -0.39 is 0 Å². The molecule has 6 nitrogen and oxygen atoms in total. The molecule has 0 aromatic carbocycles. The zero-order valence-electron chi connectivity index (χ0n) is 14.0. The Hall–Kier alpha value is -1.40. The predicted molar refractivity (Wildman–Crippen MR) is 84.8 cm³/mol. The summed E-state index contributed by atoms with van der Waals surface area (Å²) >= 11 is 0. The molecule has 2 rings (SSSR count). The number of anilines is 1. The minimum atomic E-state index is -0.164. The lowest BCUT2D eigenvalue weighted by Gasteiger charge is -2.15. The summed E-state index contributed by atoms with van der Waals surface area (Å²) in [5.41, 5.74) is 1.14. The van der Waals surface area contributed by atoms with Crippen molar-refractivity contribution in [2.24, 2.45) is 12.5 Å². The first kappa shape index (κ1) is 17.0. The van der Waals surface area contributed by atoms with Gasteiger partial charge in [-0.3, -0.25) is 9.48 Å². The van der Waals surface area contributed by atoms with Gasteiger partial charge in [0, 0.05) is 19.7 Å². The number of aromatic nitrogens is 2. The lowest BCUT2D eigenvalue weighted by atomic mass is 9.91. The average Bonchev–Trinajstić information content (AvgIpc) is 2.98. The first-order chi connectivity index (χ1) is 10.3. The minimum absolute atomic E-state index is 0.0413. The van der Waals surface area contributed by atoms with Crippen LogP contribution in [-0.4, -0.2) is 41.6 Å². The first-order valence-electron chi connectivity index (χ1n) is 7.85. The van der Waals surface area contributed by atoms with Crippen molar-refractivity contribution in [2.45, 2.75) is 46.1 Å². The molecule has 1 aromatic rings. The van der Waals surface area contributed by atoms with Gasteiger partial charge in [0.1, 0.15) is 12.4 Å². The minimum Gasteiger partial charge on any atom is -0.376 e. The van der Waals surface area contributed by atoms with Gasteiger partial charge in [-0.25, -0.2) is 0 Å². The number of rotatable bonds is 6. The van der Waals surface area contributed by atoms with E-state index in [4.69, 9.17) is 9.47 Å². The van der Waals surface area contributed by atoms with Crippen LogP contribution in [0.15, 0.2) is 6.07 Å². The summed E-state index contributed by atoms with van der Waals surface area (Å²) in [5.74, 6) is 0.535. The number of ether oxygens (including phenoxy) is 2. The van der Waals surface area contributed by atoms with E-state index in [1.54, 1.807) is 4.68 Å². The van der Waals surface area contributed by atoms with Gasteiger partial charge in [0.05, 0.1) is 18.4 Å². The van der Waals surface area contributed by atoms with E-state index in [0.717, 1.165) is 31.6 Å². The van der Waals surface area contributed by atoms with Crippen LogP contribution in [0.2, 0.25) is 0 Å². The maximum absolute atomic E-state index is 11.9.